The summed E-state index contributed by atoms with van der Waals surface area (Å²) in [6, 6.07) is 30.3. The lowest BCUT2D eigenvalue weighted by molar-refractivity contribution is 0.309. The van der Waals surface area contributed by atoms with Gasteiger partial charge in [-0.3, -0.25) is 0 Å². The molecule has 4 rings (SSSR count). The summed E-state index contributed by atoms with van der Waals surface area (Å²) in [5.41, 5.74) is 5.49. The number of benzene rings is 3. The number of aromatic nitrogens is 1. The Balaban J connectivity index is 1.47. The molecule has 0 aliphatic carbocycles. The van der Waals surface area contributed by atoms with E-state index in [0.29, 0.717) is 12.2 Å². The summed E-state index contributed by atoms with van der Waals surface area (Å²) in [6.45, 7) is 2.61. The number of unbranched alkanes of at least 4 members (excludes halogenated alkanes) is 1. The minimum Gasteiger partial charge on any atom is -0.494 e. The van der Waals surface area contributed by atoms with Crippen molar-refractivity contribution in [1.29, 1.82) is 5.26 Å². The molecule has 0 aliphatic heterocycles. The van der Waals surface area contributed by atoms with Crippen LogP contribution in [0.25, 0.3) is 22.4 Å². The highest BCUT2D eigenvalue weighted by Gasteiger charge is 2.15. The zero-order valence-corrected chi connectivity index (χ0v) is 20.6. The Bertz CT molecular complexity index is 1290. The van der Waals surface area contributed by atoms with Gasteiger partial charge < -0.3 is 4.74 Å². The molecule has 3 aromatic carbocycles. The van der Waals surface area contributed by atoms with Crippen molar-refractivity contribution in [3.05, 3.63) is 101 Å². The van der Waals surface area contributed by atoms with Gasteiger partial charge in [0.25, 0.3) is 0 Å². The van der Waals surface area contributed by atoms with Gasteiger partial charge in [-0.1, -0.05) is 72.3 Å². The van der Waals surface area contributed by atoms with E-state index in [1.807, 2.05) is 91.9 Å². The van der Waals surface area contributed by atoms with Gasteiger partial charge in [-0.05, 0) is 60.9 Å². The Hall–Kier alpha value is -3.26. The average molecular weight is 485 g/mol. The highest BCUT2D eigenvalue weighted by molar-refractivity contribution is 7.99. The third-order valence-corrected chi connectivity index (χ3v) is 6.91. The summed E-state index contributed by atoms with van der Waals surface area (Å²) < 4.78 is 5.86. The van der Waals surface area contributed by atoms with Gasteiger partial charge in [-0.2, -0.15) is 5.26 Å². The fourth-order valence-corrected chi connectivity index (χ4v) is 4.73. The summed E-state index contributed by atoms with van der Waals surface area (Å²) in [6.07, 6.45) is 1.88. The van der Waals surface area contributed by atoms with Gasteiger partial charge in [0.05, 0.1) is 17.9 Å². The Morgan fingerprint density at radius 3 is 2.29 bits per heavy atom. The first-order valence-electron chi connectivity index (χ1n) is 11.2. The first-order chi connectivity index (χ1) is 16.7. The van der Waals surface area contributed by atoms with E-state index in [9.17, 15) is 5.26 Å². The van der Waals surface area contributed by atoms with Crippen LogP contribution in [0.3, 0.4) is 0 Å². The van der Waals surface area contributed by atoms with Crippen LogP contribution in [0.4, 0.5) is 0 Å². The highest BCUT2D eigenvalue weighted by Crippen LogP contribution is 2.34. The molecule has 0 fully saturated rings. The molecular formula is C29H25ClN2OS. The number of rotatable bonds is 9. The fraction of sp³-hybridized carbons (Fsp3) is 0.172. The quantitative estimate of drug-likeness (QED) is 0.177. The van der Waals surface area contributed by atoms with Crippen LogP contribution in [0.2, 0.25) is 5.02 Å². The van der Waals surface area contributed by atoms with Crippen LogP contribution < -0.4 is 4.74 Å². The highest BCUT2D eigenvalue weighted by atomic mass is 35.5. The first kappa shape index (κ1) is 23.9. The normalized spacial score (nSPS) is 10.6. The van der Waals surface area contributed by atoms with Crippen molar-refractivity contribution in [2.24, 2.45) is 0 Å². The maximum atomic E-state index is 10.00. The molecule has 0 aliphatic rings. The first-order valence-corrected chi connectivity index (χ1v) is 12.6. The van der Waals surface area contributed by atoms with Crippen LogP contribution in [0, 0.1) is 18.3 Å². The molecule has 0 N–H and O–H groups in total. The summed E-state index contributed by atoms with van der Waals surface area (Å²) in [4.78, 5) is 4.88. The smallest absolute Gasteiger partial charge is 0.119 e. The Morgan fingerprint density at radius 1 is 0.912 bits per heavy atom. The van der Waals surface area contributed by atoms with E-state index in [2.05, 4.69) is 6.07 Å². The van der Waals surface area contributed by atoms with Gasteiger partial charge in [0.15, 0.2) is 0 Å². The van der Waals surface area contributed by atoms with Gasteiger partial charge in [0, 0.05) is 16.1 Å². The van der Waals surface area contributed by atoms with E-state index in [-0.39, 0.29) is 0 Å². The zero-order valence-electron chi connectivity index (χ0n) is 19.0. The molecule has 3 nitrogen and oxygen atoms in total. The van der Waals surface area contributed by atoms with Gasteiger partial charge in [0.2, 0.25) is 0 Å². The predicted octanol–water partition coefficient (Wildman–Crippen LogP) is 8.20. The molecule has 0 atom stereocenters. The van der Waals surface area contributed by atoms with Crippen molar-refractivity contribution in [2.45, 2.75) is 24.8 Å². The number of aryl methyl sites for hydroxylation is 1. The maximum absolute atomic E-state index is 10.00. The lowest BCUT2D eigenvalue weighted by Crippen LogP contribution is -1.99. The Morgan fingerprint density at radius 2 is 1.62 bits per heavy atom. The number of ether oxygens (including phenoxy) is 1. The Kier molecular flexibility index (Phi) is 8.25. The molecule has 0 amide bonds. The predicted molar refractivity (Wildman–Crippen MR) is 141 cm³/mol. The van der Waals surface area contributed by atoms with Crippen molar-refractivity contribution >= 4 is 23.4 Å². The van der Waals surface area contributed by atoms with E-state index < -0.39 is 0 Å². The Labute approximate surface area is 210 Å². The third-order valence-electron chi connectivity index (χ3n) is 5.43. The molecule has 0 saturated carbocycles. The second kappa shape index (κ2) is 11.7. The molecule has 1 aromatic heterocycles. The molecule has 170 valence electrons. The maximum Gasteiger partial charge on any atom is 0.119 e. The van der Waals surface area contributed by atoms with Crippen molar-refractivity contribution in [2.75, 3.05) is 12.4 Å². The van der Waals surface area contributed by atoms with Gasteiger partial charge in [-0.25, -0.2) is 4.98 Å². The molecule has 0 radical (unpaired) electrons. The number of hydrogen-bond donors (Lipinski definition) is 0. The number of pyridine rings is 1. The molecule has 1 heterocycles. The molecule has 4 aromatic rings. The molecule has 0 bridgehead atoms. The molecule has 0 spiro atoms. The minimum absolute atomic E-state index is 0.628. The van der Waals surface area contributed by atoms with Gasteiger partial charge >= 0.3 is 0 Å². The molecule has 0 saturated heterocycles. The second-order valence-corrected chi connectivity index (χ2v) is 9.38. The second-order valence-electron chi connectivity index (χ2n) is 7.89. The monoisotopic (exact) mass is 484 g/mol. The topological polar surface area (TPSA) is 45.9 Å². The molecular weight excluding hydrogens is 460 g/mol. The standard InChI is InChI=1S/C29H25ClN2OS/c1-21-18-24(14-15-27(21)30)33-16-8-9-17-34-29-26(20-31)25(22-10-4-2-5-11-22)19-28(32-29)23-12-6-3-7-13-23/h2-7,10-15,18-19H,8-9,16-17H2,1H3. The van der Waals surface area contributed by atoms with E-state index >= 15 is 0 Å². The van der Waals surface area contributed by atoms with Crippen LogP contribution >= 0.6 is 23.4 Å². The zero-order chi connectivity index (χ0) is 23.8. The van der Waals surface area contributed by atoms with Crippen LogP contribution in [0.15, 0.2) is 90.0 Å². The van der Waals surface area contributed by atoms with Gasteiger partial charge in [0.1, 0.15) is 16.8 Å². The van der Waals surface area contributed by atoms with Crippen molar-refractivity contribution in [3.8, 4) is 34.2 Å². The van der Waals surface area contributed by atoms with Crippen molar-refractivity contribution in [1.82, 2.24) is 4.98 Å². The summed E-state index contributed by atoms with van der Waals surface area (Å²) in [7, 11) is 0. The number of hydrogen-bond acceptors (Lipinski definition) is 4. The largest absolute Gasteiger partial charge is 0.494 e. The number of nitrogens with zero attached hydrogens (tertiary/aromatic N) is 2. The van der Waals surface area contributed by atoms with Crippen LogP contribution in [-0.4, -0.2) is 17.3 Å². The number of halogens is 1. The summed E-state index contributed by atoms with van der Waals surface area (Å²) in [5.74, 6) is 1.70. The SMILES string of the molecule is Cc1cc(OCCCCSc2nc(-c3ccccc3)cc(-c3ccccc3)c2C#N)ccc1Cl. The van der Waals surface area contributed by atoms with E-state index in [4.69, 9.17) is 21.3 Å². The van der Waals surface area contributed by atoms with Crippen molar-refractivity contribution in [3.63, 3.8) is 0 Å². The molecule has 0 unspecified atom stereocenters. The van der Waals surface area contributed by atoms with Crippen LogP contribution in [-0.2, 0) is 0 Å². The summed E-state index contributed by atoms with van der Waals surface area (Å²) >= 11 is 7.71. The fourth-order valence-electron chi connectivity index (χ4n) is 3.61. The van der Waals surface area contributed by atoms with Crippen molar-refractivity contribution < 1.29 is 4.74 Å². The van der Waals surface area contributed by atoms with Crippen LogP contribution in [0.5, 0.6) is 5.75 Å². The number of thioether (sulfide) groups is 1. The number of nitriles is 1. The lowest BCUT2D eigenvalue weighted by Gasteiger charge is -2.13. The summed E-state index contributed by atoms with van der Waals surface area (Å²) in [5, 5.41) is 11.5. The molecule has 5 heteroatoms. The molecule has 34 heavy (non-hydrogen) atoms. The lowest BCUT2D eigenvalue weighted by atomic mass is 9.99. The van der Waals surface area contributed by atoms with Crippen LogP contribution in [0.1, 0.15) is 24.0 Å². The van der Waals surface area contributed by atoms with E-state index in [1.54, 1.807) is 11.8 Å². The van der Waals surface area contributed by atoms with Gasteiger partial charge in [-0.15, -0.1) is 11.8 Å². The van der Waals surface area contributed by atoms with E-state index in [1.165, 1.54) is 0 Å². The minimum atomic E-state index is 0.628. The third kappa shape index (κ3) is 5.99. The average Bonchev–Trinajstić information content (AvgIpc) is 2.88. The van der Waals surface area contributed by atoms with E-state index in [0.717, 1.165) is 62.3 Å².